The van der Waals surface area contributed by atoms with Crippen molar-refractivity contribution in [1.82, 2.24) is 4.98 Å². The average molecular weight is 492 g/mol. The van der Waals surface area contributed by atoms with E-state index >= 15 is 0 Å². The van der Waals surface area contributed by atoms with Gasteiger partial charge in [-0.15, -0.1) is 11.3 Å². The van der Waals surface area contributed by atoms with E-state index in [0.717, 1.165) is 60.8 Å². The second-order valence-electron chi connectivity index (χ2n) is 10.8. The minimum Gasteiger partial charge on any atom is -0.455 e. The van der Waals surface area contributed by atoms with Crippen molar-refractivity contribution in [3.8, 4) is 22.4 Å². The molecule has 6 rings (SSSR count). The Morgan fingerprint density at radius 2 is 1.56 bits per heavy atom. The van der Waals surface area contributed by atoms with Gasteiger partial charge in [-0.05, 0) is 90.7 Å². The maximum atomic E-state index is 9.12. The first-order valence-corrected chi connectivity index (χ1v) is 13.2. The topological polar surface area (TPSA) is 26.0 Å². The lowest BCUT2D eigenvalue weighted by molar-refractivity contribution is 0.411. The van der Waals surface area contributed by atoms with E-state index in [1.807, 2.05) is 20.8 Å². The highest BCUT2D eigenvalue weighted by Gasteiger charge is 2.20. The van der Waals surface area contributed by atoms with Crippen molar-refractivity contribution in [3.63, 3.8) is 0 Å². The van der Waals surface area contributed by atoms with Gasteiger partial charge in [0, 0.05) is 40.2 Å². The van der Waals surface area contributed by atoms with Crippen LogP contribution in [0.25, 0.3) is 54.4 Å². The normalized spacial score (nSPS) is 13.5. The lowest BCUT2D eigenvalue weighted by Gasteiger charge is -2.22. The molecule has 0 aliphatic rings. The van der Waals surface area contributed by atoms with Crippen LogP contribution in [0.3, 0.4) is 0 Å². The summed E-state index contributed by atoms with van der Waals surface area (Å²) < 4.78 is 26.1. The molecule has 36 heavy (non-hydrogen) atoms. The third kappa shape index (κ3) is 3.83. The van der Waals surface area contributed by atoms with Crippen LogP contribution in [0.1, 0.15) is 45.1 Å². The Morgan fingerprint density at radius 3 is 2.31 bits per heavy atom. The van der Waals surface area contributed by atoms with Gasteiger partial charge in [-0.1, -0.05) is 51.1 Å². The molecule has 0 fully saturated rings. The second-order valence-corrected chi connectivity index (χ2v) is 12.0. The minimum absolute atomic E-state index is 0.607. The lowest BCUT2D eigenvalue weighted by Crippen LogP contribution is -2.11. The van der Waals surface area contributed by atoms with Crippen molar-refractivity contribution in [2.24, 2.45) is 5.41 Å². The highest BCUT2D eigenvalue weighted by molar-refractivity contribution is 7.19. The standard InChI is InChI=1S/C33H31NOS/c1-19-9-7-10-20(2)30(19)26-16-28(34-18-22(26)17-33(4,5)6)25-12-8-11-23-24-13-14-29-27(15-21(3)36-29)32(24)35-31(23)25/h7-16,18H,17H2,1-6H3/i17D2. The van der Waals surface area contributed by atoms with Crippen LogP contribution in [0.5, 0.6) is 0 Å². The Hall–Kier alpha value is -3.43. The van der Waals surface area contributed by atoms with Crippen LogP contribution in [-0.4, -0.2) is 4.98 Å². The number of benzene rings is 3. The van der Waals surface area contributed by atoms with Gasteiger partial charge in [-0.2, -0.15) is 0 Å². The molecule has 0 spiro atoms. The Labute approximate surface area is 219 Å². The SMILES string of the molecule is [2H]C([2H])(c1cnc(-c2cccc3c2oc2c4cc(C)sc4ccc32)cc1-c1c(C)cccc1C)C(C)(C)C. The summed E-state index contributed by atoms with van der Waals surface area (Å²) in [6, 6.07) is 21.0. The molecule has 3 aromatic carbocycles. The van der Waals surface area contributed by atoms with E-state index in [1.54, 1.807) is 17.5 Å². The predicted molar refractivity (Wildman–Crippen MR) is 155 cm³/mol. The number of furan rings is 1. The number of thiophene rings is 1. The molecule has 3 heterocycles. The fourth-order valence-electron chi connectivity index (χ4n) is 5.25. The maximum Gasteiger partial charge on any atom is 0.144 e. The molecule has 0 saturated carbocycles. The van der Waals surface area contributed by atoms with Gasteiger partial charge < -0.3 is 4.42 Å². The third-order valence-corrected chi connectivity index (χ3v) is 7.74. The first-order chi connectivity index (χ1) is 18.0. The van der Waals surface area contributed by atoms with Crippen LogP contribution in [0.2, 0.25) is 0 Å². The first kappa shape index (κ1) is 20.7. The van der Waals surface area contributed by atoms with Crippen LogP contribution in [0, 0.1) is 26.2 Å². The van der Waals surface area contributed by atoms with E-state index in [4.69, 9.17) is 12.1 Å². The summed E-state index contributed by atoms with van der Waals surface area (Å²) in [7, 11) is 0. The fourth-order valence-corrected chi connectivity index (χ4v) is 6.17. The number of rotatable bonds is 3. The number of aryl methyl sites for hydroxylation is 3. The molecular formula is C33H31NOS. The number of para-hydroxylation sites is 1. The molecule has 6 aromatic rings. The van der Waals surface area contributed by atoms with E-state index in [9.17, 15) is 0 Å². The van der Waals surface area contributed by atoms with Crippen molar-refractivity contribution in [2.75, 3.05) is 0 Å². The van der Waals surface area contributed by atoms with Crippen LogP contribution < -0.4 is 0 Å². The number of fused-ring (bicyclic) bond motifs is 5. The van der Waals surface area contributed by atoms with E-state index in [2.05, 4.69) is 81.4 Å². The van der Waals surface area contributed by atoms with Crippen molar-refractivity contribution in [2.45, 2.75) is 47.9 Å². The summed E-state index contributed by atoms with van der Waals surface area (Å²) in [5.41, 5.74) is 7.59. The fraction of sp³-hybridized carbons (Fsp3) is 0.242. The highest BCUT2D eigenvalue weighted by atomic mass is 32.1. The summed E-state index contributed by atoms with van der Waals surface area (Å²) in [6.45, 7) is 12.1. The van der Waals surface area contributed by atoms with Crippen LogP contribution in [-0.2, 0) is 6.37 Å². The molecule has 0 aliphatic carbocycles. The third-order valence-electron chi connectivity index (χ3n) is 6.72. The zero-order valence-corrected chi connectivity index (χ0v) is 22.4. The number of nitrogens with zero attached hydrogens (tertiary/aromatic N) is 1. The Bertz CT molecular complexity index is 1850. The molecule has 0 atom stereocenters. The zero-order chi connectivity index (χ0) is 27.0. The Balaban J connectivity index is 1.65. The second kappa shape index (κ2) is 8.31. The monoisotopic (exact) mass is 491 g/mol. The number of hydrogen-bond donors (Lipinski definition) is 0. The molecule has 0 aliphatic heterocycles. The van der Waals surface area contributed by atoms with Crippen molar-refractivity contribution >= 4 is 43.4 Å². The van der Waals surface area contributed by atoms with Crippen molar-refractivity contribution in [3.05, 3.63) is 88.4 Å². The summed E-state index contributed by atoms with van der Waals surface area (Å²) in [5.74, 6) is 0. The summed E-state index contributed by atoms with van der Waals surface area (Å²) in [6.07, 6.45) is 0.153. The summed E-state index contributed by atoms with van der Waals surface area (Å²) in [5, 5.41) is 3.31. The molecule has 0 radical (unpaired) electrons. The molecule has 3 aromatic heterocycles. The summed E-state index contributed by atoms with van der Waals surface area (Å²) >= 11 is 1.78. The smallest absolute Gasteiger partial charge is 0.144 e. The first-order valence-electron chi connectivity index (χ1n) is 13.4. The van der Waals surface area contributed by atoms with Gasteiger partial charge in [0.25, 0.3) is 0 Å². The molecule has 0 amide bonds. The molecule has 0 saturated heterocycles. The van der Waals surface area contributed by atoms with E-state index < -0.39 is 11.8 Å². The predicted octanol–water partition coefficient (Wildman–Crippen LogP) is 10.0. The van der Waals surface area contributed by atoms with Gasteiger partial charge in [0.05, 0.1) is 5.69 Å². The van der Waals surface area contributed by atoms with Crippen LogP contribution >= 0.6 is 11.3 Å². The highest BCUT2D eigenvalue weighted by Crippen LogP contribution is 2.42. The van der Waals surface area contributed by atoms with E-state index in [-0.39, 0.29) is 0 Å². The number of pyridine rings is 1. The number of hydrogen-bond acceptors (Lipinski definition) is 3. The zero-order valence-electron chi connectivity index (χ0n) is 23.6. The van der Waals surface area contributed by atoms with Gasteiger partial charge in [0.15, 0.2) is 0 Å². The number of aromatic nitrogens is 1. The van der Waals surface area contributed by atoms with Crippen LogP contribution in [0.4, 0.5) is 0 Å². The lowest BCUT2D eigenvalue weighted by atomic mass is 9.83. The van der Waals surface area contributed by atoms with Crippen molar-refractivity contribution in [1.29, 1.82) is 0 Å². The largest absolute Gasteiger partial charge is 0.455 e. The Kier molecular flexibility index (Phi) is 4.79. The quantitative estimate of drug-likeness (QED) is 0.246. The molecule has 0 N–H and O–H groups in total. The molecule has 180 valence electrons. The molecule has 0 unspecified atom stereocenters. The summed E-state index contributed by atoms with van der Waals surface area (Å²) in [4.78, 5) is 6.12. The average Bonchev–Trinajstić information content (AvgIpc) is 3.42. The van der Waals surface area contributed by atoms with Gasteiger partial charge >= 0.3 is 0 Å². The molecule has 0 bridgehead atoms. The van der Waals surface area contributed by atoms with E-state index in [0.29, 0.717) is 5.56 Å². The molecular weight excluding hydrogens is 458 g/mol. The van der Waals surface area contributed by atoms with Gasteiger partial charge in [-0.3, -0.25) is 4.98 Å². The maximum absolute atomic E-state index is 9.12. The van der Waals surface area contributed by atoms with Gasteiger partial charge in [-0.25, -0.2) is 0 Å². The molecule has 3 heteroatoms. The van der Waals surface area contributed by atoms with Crippen LogP contribution in [0.15, 0.2) is 71.3 Å². The van der Waals surface area contributed by atoms with Gasteiger partial charge in [0.1, 0.15) is 11.2 Å². The van der Waals surface area contributed by atoms with Crippen molar-refractivity contribution < 1.29 is 7.16 Å². The minimum atomic E-state index is -1.59. The molecule has 2 nitrogen and oxygen atoms in total. The Morgan fingerprint density at radius 1 is 0.833 bits per heavy atom. The van der Waals surface area contributed by atoms with Gasteiger partial charge in [0.2, 0.25) is 0 Å². The van der Waals surface area contributed by atoms with E-state index in [1.165, 1.54) is 9.58 Å².